The Kier molecular flexibility index (Phi) is 3.01. The van der Waals surface area contributed by atoms with Gasteiger partial charge in [0.1, 0.15) is 5.75 Å². The van der Waals surface area contributed by atoms with E-state index in [1.807, 2.05) is 0 Å². The van der Waals surface area contributed by atoms with Gasteiger partial charge in [-0.2, -0.15) is 0 Å². The van der Waals surface area contributed by atoms with Crippen LogP contribution in [0.25, 0.3) is 0 Å². The van der Waals surface area contributed by atoms with Crippen molar-refractivity contribution in [2.45, 2.75) is 6.42 Å². The highest BCUT2D eigenvalue weighted by molar-refractivity contribution is 6.35. The van der Waals surface area contributed by atoms with Crippen LogP contribution < -0.4 is 0 Å². The molecule has 0 aliphatic rings. The molecule has 0 amide bonds. The van der Waals surface area contributed by atoms with E-state index in [1.54, 1.807) is 12.1 Å². The number of phenols is 1. The Balaban J connectivity index is 3.17. The fourth-order valence-corrected chi connectivity index (χ4v) is 1.47. The van der Waals surface area contributed by atoms with Gasteiger partial charge in [0.2, 0.25) is 0 Å². The first kappa shape index (κ1) is 9.43. The maximum Gasteiger partial charge on any atom is 0.137 e. The van der Waals surface area contributed by atoms with Crippen LogP contribution >= 0.6 is 23.2 Å². The molecule has 1 aromatic rings. The molecule has 0 atom stereocenters. The second-order valence-corrected chi connectivity index (χ2v) is 3.23. The van der Waals surface area contributed by atoms with Crippen LogP contribution in [0, 0.1) is 0 Å². The maximum absolute atomic E-state index is 9.41. The number of rotatable bonds is 2. The van der Waals surface area contributed by atoms with Crippen LogP contribution in [0.15, 0.2) is 24.8 Å². The molecule has 64 valence electrons. The maximum atomic E-state index is 9.41. The summed E-state index contributed by atoms with van der Waals surface area (Å²) in [5.41, 5.74) is 0.697. The first-order valence-corrected chi connectivity index (χ1v) is 4.18. The van der Waals surface area contributed by atoms with Gasteiger partial charge in [-0.1, -0.05) is 29.3 Å². The smallest absolute Gasteiger partial charge is 0.137 e. The Bertz CT molecular complexity index is 308. The highest BCUT2D eigenvalue weighted by atomic mass is 35.5. The summed E-state index contributed by atoms with van der Waals surface area (Å²) < 4.78 is 0. The van der Waals surface area contributed by atoms with Gasteiger partial charge in [-0.15, -0.1) is 6.58 Å². The first-order valence-electron chi connectivity index (χ1n) is 3.43. The fourth-order valence-electron chi connectivity index (χ4n) is 0.930. The summed E-state index contributed by atoms with van der Waals surface area (Å²) in [5, 5.41) is 10.2. The number of halogens is 2. The number of hydrogen-bond acceptors (Lipinski definition) is 1. The van der Waals surface area contributed by atoms with Crippen LogP contribution in [0.1, 0.15) is 5.56 Å². The molecule has 0 bridgehead atoms. The van der Waals surface area contributed by atoms with E-state index >= 15 is 0 Å². The minimum absolute atomic E-state index is 0.0842. The van der Waals surface area contributed by atoms with Crippen molar-refractivity contribution in [2.24, 2.45) is 0 Å². The van der Waals surface area contributed by atoms with Crippen LogP contribution in [0.2, 0.25) is 10.0 Å². The molecular weight excluding hydrogens is 195 g/mol. The molecule has 0 aromatic heterocycles. The molecule has 0 saturated heterocycles. The second kappa shape index (κ2) is 3.83. The molecule has 0 saturated carbocycles. The zero-order valence-electron chi connectivity index (χ0n) is 6.35. The molecule has 0 radical (unpaired) electrons. The number of allylic oxidation sites excluding steroid dienone is 1. The number of hydrogen-bond donors (Lipinski definition) is 1. The minimum atomic E-state index is 0.0842. The predicted molar refractivity (Wildman–Crippen MR) is 52.0 cm³/mol. The van der Waals surface area contributed by atoms with Crippen LogP contribution in [0.3, 0.4) is 0 Å². The summed E-state index contributed by atoms with van der Waals surface area (Å²) in [4.78, 5) is 0. The van der Waals surface area contributed by atoms with E-state index in [2.05, 4.69) is 6.58 Å². The lowest BCUT2D eigenvalue weighted by Crippen LogP contribution is -1.83. The number of phenolic OH excluding ortho intramolecular Hbond substituents is 1. The van der Waals surface area contributed by atoms with Gasteiger partial charge in [-0.05, 0) is 18.6 Å². The molecule has 1 rings (SSSR count). The molecule has 0 unspecified atom stereocenters. The Morgan fingerprint density at radius 1 is 1.42 bits per heavy atom. The van der Waals surface area contributed by atoms with E-state index in [4.69, 9.17) is 23.2 Å². The van der Waals surface area contributed by atoms with Gasteiger partial charge in [0, 0.05) is 10.6 Å². The molecule has 12 heavy (non-hydrogen) atoms. The summed E-state index contributed by atoms with van der Waals surface area (Å²) in [6, 6.07) is 3.18. The van der Waals surface area contributed by atoms with Crippen molar-refractivity contribution in [3.05, 3.63) is 40.4 Å². The zero-order valence-corrected chi connectivity index (χ0v) is 7.86. The van der Waals surface area contributed by atoms with Crippen LogP contribution in [0.4, 0.5) is 0 Å². The summed E-state index contributed by atoms with van der Waals surface area (Å²) in [5.74, 6) is 0.0842. The fraction of sp³-hybridized carbons (Fsp3) is 0.111. The highest BCUT2D eigenvalue weighted by Crippen LogP contribution is 2.31. The largest absolute Gasteiger partial charge is 0.506 e. The molecule has 1 aromatic carbocycles. The van der Waals surface area contributed by atoms with Crippen molar-refractivity contribution in [2.75, 3.05) is 0 Å². The lowest BCUT2D eigenvalue weighted by Gasteiger charge is -2.03. The summed E-state index contributed by atoms with van der Waals surface area (Å²) in [6.45, 7) is 3.56. The van der Waals surface area contributed by atoms with Crippen molar-refractivity contribution in [1.29, 1.82) is 0 Å². The Hall–Kier alpha value is -0.660. The van der Waals surface area contributed by atoms with Crippen molar-refractivity contribution in [3.8, 4) is 5.75 Å². The molecule has 0 heterocycles. The van der Waals surface area contributed by atoms with E-state index in [-0.39, 0.29) is 10.8 Å². The first-order chi connectivity index (χ1) is 5.65. The van der Waals surface area contributed by atoms with Gasteiger partial charge in [0.05, 0.1) is 5.02 Å². The SMILES string of the molecule is C=CCc1cc(Cl)cc(Cl)c1O. The third kappa shape index (κ3) is 1.93. The number of benzene rings is 1. The van der Waals surface area contributed by atoms with E-state index in [0.29, 0.717) is 17.0 Å². The number of aromatic hydroxyl groups is 1. The van der Waals surface area contributed by atoms with Crippen molar-refractivity contribution < 1.29 is 5.11 Å². The zero-order chi connectivity index (χ0) is 9.14. The van der Waals surface area contributed by atoms with Crippen molar-refractivity contribution >= 4 is 23.2 Å². The summed E-state index contributed by atoms with van der Waals surface area (Å²) >= 11 is 11.4. The van der Waals surface area contributed by atoms with E-state index in [0.717, 1.165) is 0 Å². The van der Waals surface area contributed by atoms with Crippen LogP contribution in [-0.4, -0.2) is 5.11 Å². The molecule has 0 fully saturated rings. The van der Waals surface area contributed by atoms with Gasteiger partial charge in [-0.25, -0.2) is 0 Å². The normalized spacial score (nSPS) is 9.83. The van der Waals surface area contributed by atoms with E-state index in [9.17, 15) is 5.11 Å². The Labute approximate surface area is 81.2 Å². The quantitative estimate of drug-likeness (QED) is 0.730. The highest BCUT2D eigenvalue weighted by Gasteiger charge is 2.05. The van der Waals surface area contributed by atoms with Crippen LogP contribution in [-0.2, 0) is 6.42 Å². The van der Waals surface area contributed by atoms with Gasteiger partial charge in [0.25, 0.3) is 0 Å². The summed E-state index contributed by atoms with van der Waals surface area (Å²) in [7, 11) is 0. The Morgan fingerprint density at radius 3 is 2.67 bits per heavy atom. The van der Waals surface area contributed by atoms with E-state index < -0.39 is 0 Å². The third-order valence-electron chi connectivity index (χ3n) is 1.47. The second-order valence-electron chi connectivity index (χ2n) is 2.39. The monoisotopic (exact) mass is 202 g/mol. The molecule has 1 nitrogen and oxygen atoms in total. The average molecular weight is 203 g/mol. The molecular formula is C9H8Cl2O. The third-order valence-corrected chi connectivity index (χ3v) is 1.98. The molecule has 3 heteroatoms. The molecule has 0 aliphatic carbocycles. The standard InChI is InChI=1S/C9H8Cl2O/c1-2-3-6-4-7(10)5-8(11)9(6)12/h2,4-5,12H,1,3H2. The lowest BCUT2D eigenvalue weighted by atomic mass is 10.1. The lowest BCUT2D eigenvalue weighted by molar-refractivity contribution is 0.470. The van der Waals surface area contributed by atoms with Gasteiger partial charge in [0.15, 0.2) is 0 Å². The topological polar surface area (TPSA) is 20.2 Å². The van der Waals surface area contributed by atoms with Crippen molar-refractivity contribution in [3.63, 3.8) is 0 Å². The molecule has 0 spiro atoms. The van der Waals surface area contributed by atoms with Crippen molar-refractivity contribution in [1.82, 2.24) is 0 Å². The average Bonchev–Trinajstić information content (AvgIpc) is 2.00. The minimum Gasteiger partial charge on any atom is -0.506 e. The van der Waals surface area contributed by atoms with Gasteiger partial charge >= 0.3 is 0 Å². The predicted octanol–water partition coefficient (Wildman–Crippen LogP) is 3.43. The summed E-state index contributed by atoms with van der Waals surface area (Å²) in [6.07, 6.45) is 2.24. The Morgan fingerprint density at radius 2 is 2.08 bits per heavy atom. The molecule has 0 aliphatic heterocycles. The van der Waals surface area contributed by atoms with Gasteiger partial charge < -0.3 is 5.11 Å². The van der Waals surface area contributed by atoms with E-state index in [1.165, 1.54) is 6.07 Å². The molecule has 1 N–H and O–H groups in total. The van der Waals surface area contributed by atoms with Crippen LogP contribution in [0.5, 0.6) is 5.75 Å². The van der Waals surface area contributed by atoms with Gasteiger partial charge in [-0.3, -0.25) is 0 Å².